The average Bonchev–Trinajstić information content (AvgIpc) is 3.71. The molecule has 14 heteroatoms. The number of pyridine rings is 1. The molecule has 1 aliphatic carbocycles. The molecule has 2 aromatic heterocycles. The first kappa shape index (κ1) is 35.0. The summed E-state index contributed by atoms with van der Waals surface area (Å²) in [6, 6.07) is 9.78. The highest BCUT2D eigenvalue weighted by molar-refractivity contribution is 6.36. The summed E-state index contributed by atoms with van der Waals surface area (Å²) in [5.74, 6) is -0.722. The standard InChI is InChI=1S/C37H39ClF3N7O3/c1-37(2,3)51-36(49)48-16-15-46(19-24(48)11-13-42)34-26-18-43-32(25-6-4-5-21-8-10-27(40)30(38)29(21)25)31(41)33(26)44-35(45-34)50-20-28-22-7-9-23(17-22)47(28)14-12-39/h4-6,8,10,18,22-24,28H,7,9,11-12,14-17,19-20H2,1-3H3/t22?,23-,24-,28+/m0/s1. The summed E-state index contributed by atoms with van der Waals surface area (Å²) in [6.07, 6.45) is 4.03. The molecular formula is C37H39ClF3N7O3. The van der Waals surface area contributed by atoms with Crippen LogP contribution in [0.15, 0.2) is 36.5 Å². The zero-order chi connectivity index (χ0) is 36.0. The molecule has 3 fully saturated rings. The first-order valence-corrected chi connectivity index (χ1v) is 17.6. The van der Waals surface area contributed by atoms with Gasteiger partial charge >= 0.3 is 12.1 Å². The minimum atomic E-state index is -0.770. The second kappa shape index (κ2) is 14.0. The van der Waals surface area contributed by atoms with Crippen LogP contribution in [0.2, 0.25) is 5.02 Å². The van der Waals surface area contributed by atoms with E-state index in [1.807, 2.05) is 4.90 Å². The van der Waals surface area contributed by atoms with Crippen LogP contribution in [0.4, 0.5) is 23.8 Å². The lowest BCUT2D eigenvalue weighted by Crippen LogP contribution is -2.56. The Kier molecular flexibility index (Phi) is 9.58. The van der Waals surface area contributed by atoms with Crippen molar-refractivity contribution >= 4 is 45.2 Å². The number of piperidine rings is 1. The third-order valence-corrected chi connectivity index (χ3v) is 10.6. The lowest BCUT2D eigenvalue weighted by atomic mass is 9.99. The number of halogens is 4. The Balaban J connectivity index is 1.29. The second-order valence-electron chi connectivity index (χ2n) is 14.4. The van der Waals surface area contributed by atoms with E-state index in [0.717, 1.165) is 19.3 Å². The SMILES string of the molecule is CC(C)(C)OC(=O)N1CCN(c2nc(OC[C@@H]3C4CC[C@@H](C4)N3CCF)nc3c(F)c(-c4cccc5ccc(F)c(Cl)c45)ncc23)C[C@@H]1CC#N. The maximum Gasteiger partial charge on any atom is 0.410 e. The number of nitrogens with zero attached hydrogens (tertiary/aromatic N) is 7. The number of aromatic nitrogens is 3. The molecule has 3 aliphatic rings. The van der Waals surface area contributed by atoms with Gasteiger partial charge in [-0.3, -0.25) is 9.88 Å². The van der Waals surface area contributed by atoms with Gasteiger partial charge in [-0.1, -0.05) is 35.9 Å². The number of nitriles is 1. The van der Waals surface area contributed by atoms with Gasteiger partial charge in [-0.2, -0.15) is 15.2 Å². The van der Waals surface area contributed by atoms with Gasteiger partial charge in [0.25, 0.3) is 0 Å². The van der Waals surface area contributed by atoms with Crippen LogP contribution < -0.4 is 9.64 Å². The number of ether oxygens (including phenoxy) is 2. The molecule has 2 aromatic carbocycles. The second-order valence-corrected chi connectivity index (χ2v) is 14.8. The Hall–Kier alpha value is -4.41. The predicted molar refractivity (Wildman–Crippen MR) is 187 cm³/mol. The maximum atomic E-state index is 16.9. The van der Waals surface area contributed by atoms with E-state index in [9.17, 15) is 18.8 Å². The molecule has 1 unspecified atom stereocenters. The van der Waals surface area contributed by atoms with Gasteiger partial charge in [0.1, 0.15) is 41.7 Å². The summed E-state index contributed by atoms with van der Waals surface area (Å²) < 4.78 is 56.9. The number of piperazine rings is 1. The number of hydrogen-bond donors (Lipinski definition) is 0. The highest BCUT2D eigenvalue weighted by Crippen LogP contribution is 2.43. The zero-order valence-corrected chi connectivity index (χ0v) is 29.5. The van der Waals surface area contributed by atoms with Gasteiger partial charge in [0.05, 0.1) is 28.9 Å². The number of carbonyl (C=O) groups is 1. The fourth-order valence-electron chi connectivity index (χ4n) is 7.93. The van der Waals surface area contributed by atoms with Crippen molar-refractivity contribution in [2.45, 2.75) is 70.2 Å². The number of anilines is 1. The Morgan fingerprint density at radius 2 is 1.96 bits per heavy atom. The Morgan fingerprint density at radius 1 is 1.14 bits per heavy atom. The molecule has 2 bridgehead atoms. The Labute approximate surface area is 299 Å². The maximum absolute atomic E-state index is 16.9. The summed E-state index contributed by atoms with van der Waals surface area (Å²) in [7, 11) is 0. The molecule has 0 spiro atoms. The van der Waals surface area contributed by atoms with Gasteiger partial charge in [0.2, 0.25) is 0 Å². The van der Waals surface area contributed by atoms with Crippen LogP contribution in [-0.2, 0) is 4.74 Å². The van der Waals surface area contributed by atoms with Crippen molar-refractivity contribution in [3.63, 3.8) is 0 Å². The molecule has 4 heterocycles. The van der Waals surface area contributed by atoms with Crippen molar-refractivity contribution in [1.29, 1.82) is 5.26 Å². The summed E-state index contributed by atoms with van der Waals surface area (Å²) >= 11 is 6.41. The molecule has 2 saturated heterocycles. The molecule has 4 atom stereocenters. The minimum absolute atomic E-state index is 0.0230. The number of alkyl halides is 1. The minimum Gasteiger partial charge on any atom is -0.462 e. The van der Waals surface area contributed by atoms with Crippen LogP contribution in [0.1, 0.15) is 46.5 Å². The van der Waals surface area contributed by atoms with Crippen LogP contribution in [0.25, 0.3) is 32.9 Å². The van der Waals surface area contributed by atoms with Crippen molar-refractivity contribution in [1.82, 2.24) is 24.8 Å². The molecule has 10 nitrogen and oxygen atoms in total. The number of benzene rings is 2. The average molecular weight is 722 g/mol. The first-order chi connectivity index (χ1) is 24.5. The van der Waals surface area contributed by atoms with Crippen molar-refractivity contribution < 1.29 is 27.4 Å². The number of amides is 1. The fraction of sp³-hybridized carbons (Fsp3) is 0.486. The van der Waals surface area contributed by atoms with E-state index < -0.39 is 36.0 Å². The topological polar surface area (TPSA) is 108 Å². The molecule has 268 valence electrons. The summed E-state index contributed by atoms with van der Waals surface area (Å²) in [4.78, 5) is 32.5. The lowest BCUT2D eigenvalue weighted by molar-refractivity contribution is 0.0145. The number of hydrogen-bond acceptors (Lipinski definition) is 9. The molecule has 51 heavy (non-hydrogen) atoms. The van der Waals surface area contributed by atoms with E-state index in [4.69, 9.17) is 26.1 Å². The van der Waals surface area contributed by atoms with E-state index in [0.29, 0.717) is 52.6 Å². The van der Waals surface area contributed by atoms with Crippen molar-refractivity contribution in [3.8, 4) is 23.3 Å². The van der Waals surface area contributed by atoms with E-state index in [-0.39, 0.29) is 54.4 Å². The molecular weight excluding hydrogens is 683 g/mol. The predicted octanol–water partition coefficient (Wildman–Crippen LogP) is 7.32. The van der Waals surface area contributed by atoms with Gasteiger partial charge < -0.3 is 19.3 Å². The smallest absolute Gasteiger partial charge is 0.410 e. The van der Waals surface area contributed by atoms with Gasteiger partial charge in [0.15, 0.2) is 5.82 Å². The van der Waals surface area contributed by atoms with Gasteiger partial charge in [-0.05, 0) is 57.4 Å². The van der Waals surface area contributed by atoms with Crippen LogP contribution >= 0.6 is 11.6 Å². The third-order valence-electron chi connectivity index (χ3n) is 10.2. The van der Waals surface area contributed by atoms with Crippen molar-refractivity contribution in [3.05, 3.63) is 53.2 Å². The molecule has 0 N–H and O–H groups in total. The highest BCUT2D eigenvalue weighted by Gasteiger charge is 2.46. The summed E-state index contributed by atoms with van der Waals surface area (Å²) in [5, 5.41) is 10.8. The number of carbonyl (C=O) groups excluding carboxylic acids is 1. The Morgan fingerprint density at radius 3 is 2.73 bits per heavy atom. The van der Waals surface area contributed by atoms with E-state index in [1.54, 1.807) is 49.9 Å². The van der Waals surface area contributed by atoms with Gasteiger partial charge in [-0.25, -0.2) is 18.0 Å². The zero-order valence-electron chi connectivity index (χ0n) is 28.7. The third kappa shape index (κ3) is 6.71. The monoisotopic (exact) mass is 721 g/mol. The molecule has 1 saturated carbocycles. The largest absolute Gasteiger partial charge is 0.462 e. The lowest BCUT2D eigenvalue weighted by Gasteiger charge is -2.41. The molecule has 2 aliphatic heterocycles. The van der Waals surface area contributed by atoms with Crippen LogP contribution in [0.5, 0.6) is 6.01 Å². The normalized spacial score (nSPS) is 22.2. The highest BCUT2D eigenvalue weighted by atomic mass is 35.5. The fourth-order valence-corrected chi connectivity index (χ4v) is 8.21. The summed E-state index contributed by atoms with van der Waals surface area (Å²) in [6.45, 7) is 6.12. The van der Waals surface area contributed by atoms with Crippen molar-refractivity contribution in [2.75, 3.05) is 44.4 Å². The van der Waals surface area contributed by atoms with Gasteiger partial charge in [-0.15, -0.1) is 0 Å². The van der Waals surface area contributed by atoms with Crippen LogP contribution in [0.3, 0.4) is 0 Å². The van der Waals surface area contributed by atoms with Crippen molar-refractivity contribution in [2.24, 2.45) is 5.92 Å². The summed E-state index contributed by atoms with van der Waals surface area (Å²) in [5.41, 5.74) is -0.567. The molecule has 7 rings (SSSR count). The number of likely N-dealkylation sites (tertiary alicyclic amines) is 1. The Bertz CT molecular complexity index is 2020. The van der Waals surface area contributed by atoms with E-state index in [2.05, 4.69) is 20.9 Å². The number of fused-ring (bicyclic) bond motifs is 4. The van der Waals surface area contributed by atoms with Crippen LogP contribution in [0, 0.1) is 28.9 Å². The van der Waals surface area contributed by atoms with Crippen LogP contribution in [-0.4, -0.2) is 94.0 Å². The molecule has 4 aromatic rings. The van der Waals surface area contributed by atoms with E-state index >= 15 is 4.39 Å². The van der Waals surface area contributed by atoms with Gasteiger partial charge in [0, 0.05) is 55.4 Å². The number of rotatable bonds is 8. The molecule has 0 radical (unpaired) electrons. The first-order valence-electron chi connectivity index (χ1n) is 17.3. The van der Waals surface area contributed by atoms with E-state index in [1.165, 1.54) is 12.3 Å². The quantitative estimate of drug-likeness (QED) is 0.185. The molecule has 1 amide bonds.